The first-order chi connectivity index (χ1) is 18.9. The van der Waals surface area contributed by atoms with Crippen molar-refractivity contribution in [2.24, 2.45) is 5.92 Å². The largest absolute Gasteiger partial charge is 0.458 e. The zero-order valence-corrected chi connectivity index (χ0v) is 24.0. The van der Waals surface area contributed by atoms with Crippen LogP contribution in [-0.2, 0) is 36.9 Å². The Morgan fingerprint density at radius 2 is 1.52 bits per heavy atom. The smallest absolute Gasteiger partial charge is 0.408 e. The molecular weight excluding hydrogens is 510 g/mol. The van der Waals surface area contributed by atoms with Crippen molar-refractivity contribution in [2.75, 3.05) is 6.54 Å². The fraction of sp³-hybridized carbons (Fsp3) is 0.484. The molecule has 2 N–H and O–H groups in total. The van der Waals surface area contributed by atoms with E-state index in [2.05, 4.69) is 10.6 Å². The fourth-order valence-electron chi connectivity index (χ4n) is 4.56. The maximum Gasteiger partial charge on any atom is 0.408 e. The molecule has 3 rings (SSSR count). The van der Waals surface area contributed by atoms with Crippen LogP contribution in [0.1, 0.15) is 58.6 Å². The predicted molar refractivity (Wildman–Crippen MR) is 151 cm³/mol. The molecule has 0 unspecified atom stereocenters. The lowest BCUT2D eigenvalue weighted by Gasteiger charge is -2.32. The molecule has 3 amide bonds. The molecule has 0 radical (unpaired) electrons. The number of likely N-dealkylation sites (tertiary alicyclic amines) is 1. The van der Waals surface area contributed by atoms with Crippen LogP contribution in [-0.4, -0.2) is 59.0 Å². The Bertz CT molecular complexity index is 1150. The first-order valence-corrected chi connectivity index (χ1v) is 13.8. The number of nitrogens with one attached hydrogen (secondary N) is 2. The number of carbonyl (C=O) groups excluding carboxylic acids is 4. The van der Waals surface area contributed by atoms with Crippen LogP contribution in [0.5, 0.6) is 0 Å². The molecule has 0 saturated carbocycles. The highest BCUT2D eigenvalue weighted by Gasteiger charge is 2.41. The highest BCUT2D eigenvalue weighted by atomic mass is 16.6. The Morgan fingerprint density at radius 1 is 0.925 bits per heavy atom. The van der Waals surface area contributed by atoms with E-state index in [1.807, 2.05) is 74.5 Å². The van der Waals surface area contributed by atoms with Gasteiger partial charge in [0.1, 0.15) is 30.3 Å². The minimum Gasteiger partial charge on any atom is -0.458 e. The monoisotopic (exact) mass is 551 g/mol. The number of hydrogen-bond acceptors (Lipinski definition) is 6. The van der Waals surface area contributed by atoms with Crippen LogP contribution < -0.4 is 10.6 Å². The average Bonchev–Trinajstić information content (AvgIpc) is 3.40. The third-order valence-corrected chi connectivity index (χ3v) is 6.55. The summed E-state index contributed by atoms with van der Waals surface area (Å²) in [6, 6.07) is 15.9. The summed E-state index contributed by atoms with van der Waals surface area (Å²) in [6.07, 6.45) is 0.637. The lowest BCUT2D eigenvalue weighted by atomic mass is 10.00. The fourth-order valence-corrected chi connectivity index (χ4v) is 4.56. The summed E-state index contributed by atoms with van der Waals surface area (Å²) in [4.78, 5) is 54.2. The molecule has 0 aliphatic carbocycles. The van der Waals surface area contributed by atoms with Gasteiger partial charge in [-0.1, -0.05) is 74.5 Å². The van der Waals surface area contributed by atoms with Crippen LogP contribution in [0.15, 0.2) is 60.7 Å². The van der Waals surface area contributed by atoms with Crippen molar-refractivity contribution in [3.63, 3.8) is 0 Å². The van der Waals surface area contributed by atoms with E-state index >= 15 is 0 Å². The van der Waals surface area contributed by atoms with Crippen molar-refractivity contribution >= 4 is 23.9 Å². The maximum absolute atomic E-state index is 13.7. The molecule has 1 fully saturated rings. The summed E-state index contributed by atoms with van der Waals surface area (Å²) in [6.45, 7) is 9.47. The van der Waals surface area contributed by atoms with Crippen molar-refractivity contribution < 1.29 is 28.7 Å². The molecule has 1 aliphatic heterocycles. The lowest BCUT2D eigenvalue weighted by molar-refractivity contribution is -0.163. The summed E-state index contributed by atoms with van der Waals surface area (Å²) in [5.41, 5.74) is 0.978. The van der Waals surface area contributed by atoms with Crippen molar-refractivity contribution in [1.82, 2.24) is 15.5 Å². The summed E-state index contributed by atoms with van der Waals surface area (Å²) in [7, 11) is 0. The highest BCUT2D eigenvalue weighted by Crippen LogP contribution is 2.23. The van der Waals surface area contributed by atoms with E-state index in [-0.39, 0.29) is 24.9 Å². The molecule has 1 heterocycles. The van der Waals surface area contributed by atoms with E-state index < -0.39 is 41.7 Å². The molecule has 2 aromatic carbocycles. The van der Waals surface area contributed by atoms with Crippen molar-refractivity contribution in [2.45, 2.75) is 84.2 Å². The molecule has 3 atom stereocenters. The van der Waals surface area contributed by atoms with Crippen LogP contribution in [0, 0.1) is 5.92 Å². The van der Waals surface area contributed by atoms with Gasteiger partial charge in [0, 0.05) is 13.0 Å². The standard InChI is InChI=1S/C31H41N3O6/c1-21(2)26(28(36)34-18-12-17-25(34)29(37)40-31(3,4)5)33-27(35)24(19-22-13-8-6-9-14-22)32-30(38)39-20-23-15-10-7-11-16-23/h6-11,13-16,21,24-26H,12,17-20H2,1-5H3,(H,32,38)(H,33,35)/t24-,25-,26-/m0/s1. The molecule has 1 saturated heterocycles. The van der Waals surface area contributed by atoms with E-state index in [1.54, 1.807) is 20.8 Å². The third kappa shape index (κ3) is 9.10. The second-order valence-electron chi connectivity index (χ2n) is 11.4. The van der Waals surface area contributed by atoms with Crippen LogP contribution in [0.3, 0.4) is 0 Å². The predicted octanol–water partition coefficient (Wildman–Crippen LogP) is 4.00. The SMILES string of the molecule is CC(C)[C@H](NC(=O)[C@H](Cc1ccccc1)NC(=O)OCc1ccccc1)C(=O)N1CCC[C@H]1C(=O)OC(C)(C)C. The second-order valence-corrected chi connectivity index (χ2v) is 11.4. The summed E-state index contributed by atoms with van der Waals surface area (Å²) in [5, 5.41) is 5.52. The first kappa shape index (κ1) is 30.7. The number of esters is 1. The number of rotatable bonds is 10. The number of benzene rings is 2. The van der Waals surface area contributed by atoms with Gasteiger partial charge in [0.15, 0.2) is 0 Å². The van der Waals surface area contributed by atoms with Gasteiger partial charge in [0.05, 0.1) is 0 Å². The minimum absolute atomic E-state index is 0.0560. The number of amides is 3. The molecular formula is C31H41N3O6. The molecule has 9 nitrogen and oxygen atoms in total. The van der Waals surface area contributed by atoms with Gasteiger partial charge in [-0.15, -0.1) is 0 Å². The van der Waals surface area contributed by atoms with Crippen LogP contribution in [0.2, 0.25) is 0 Å². The van der Waals surface area contributed by atoms with Gasteiger partial charge in [0.25, 0.3) is 0 Å². The van der Waals surface area contributed by atoms with Gasteiger partial charge < -0.3 is 25.0 Å². The first-order valence-electron chi connectivity index (χ1n) is 13.8. The average molecular weight is 552 g/mol. The van der Waals surface area contributed by atoms with Gasteiger partial charge in [-0.2, -0.15) is 0 Å². The summed E-state index contributed by atoms with van der Waals surface area (Å²) >= 11 is 0. The zero-order chi connectivity index (χ0) is 29.3. The molecule has 2 aromatic rings. The topological polar surface area (TPSA) is 114 Å². The zero-order valence-electron chi connectivity index (χ0n) is 24.0. The Kier molecular flexibility index (Phi) is 10.7. The van der Waals surface area contributed by atoms with E-state index in [0.717, 1.165) is 11.1 Å². The molecule has 0 aromatic heterocycles. The van der Waals surface area contributed by atoms with E-state index in [1.165, 1.54) is 4.90 Å². The summed E-state index contributed by atoms with van der Waals surface area (Å²) < 4.78 is 10.9. The van der Waals surface area contributed by atoms with Gasteiger partial charge >= 0.3 is 12.1 Å². The molecule has 216 valence electrons. The molecule has 40 heavy (non-hydrogen) atoms. The van der Waals surface area contributed by atoms with Crippen LogP contribution >= 0.6 is 0 Å². The lowest BCUT2D eigenvalue weighted by Crippen LogP contribution is -2.58. The van der Waals surface area contributed by atoms with Gasteiger partial charge in [-0.3, -0.25) is 9.59 Å². The summed E-state index contributed by atoms with van der Waals surface area (Å²) in [5.74, 6) is -1.57. The maximum atomic E-state index is 13.7. The van der Waals surface area contributed by atoms with Crippen molar-refractivity contribution in [3.05, 3.63) is 71.8 Å². The van der Waals surface area contributed by atoms with E-state index in [4.69, 9.17) is 9.47 Å². The normalized spacial score (nSPS) is 16.6. The number of alkyl carbamates (subject to hydrolysis) is 1. The van der Waals surface area contributed by atoms with E-state index in [9.17, 15) is 19.2 Å². The van der Waals surface area contributed by atoms with Crippen LogP contribution in [0.25, 0.3) is 0 Å². The van der Waals surface area contributed by atoms with Crippen LogP contribution in [0.4, 0.5) is 4.79 Å². The number of carbonyl (C=O) groups is 4. The number of ether oxygens (including phenoxy) is 2. The van der Waals surface area contributed by atoms with E-state index in [0.29, 0.717) is 19.4 Å². The minimum atomic E-state index is -0.986. The molecule has 0 spiro atoms. The number of nitrogens with zero attached hydrogens (tertiary/aromatic N) is 1. The highest BCUT2D eigenvalue weighted by molar-refractivity contribution is 5.93. The van der Waals surface area contributed by atoms with Crippen molar-refractivity contribution in [3.8, 4) is 0 Å². The third-order valence-electron chi connectivity index (χ3n) is 6.55. The quantitative estimate of drug-likeness (QED) is 0.432. The van der Waals surface area contributed by atoms with Crippen molar-refractivity contribution in [1.29, 1.82) is 0 Å². The second kappa shape index (κ2) is 14.0. The number of hydrogen-bond donors (Lipinski definition) is 2. The molecule has 9 heteroatoms. The van der Waals surface area contributed by atoms with Gasteiger partial charge in [-0.25, -0.2) is 9.59 Å². The molecule has 1 aliphatic rings. The Hall–Kier alpha value is -3.88. The Balaban J connectivity index is 1.73. The van der Waals surface area contributed by atoms with Gasteiger partial charge in [0.2, 0.25) is 11.8 Å². The molecule has 0 bridgehead atoms. The van der Waals surface area contributed by atoms with Gasteiger partial charge in [-0.05, 0) is 50.7 Å². The Labute approximate surface area is 236 Å². The Morgan fingerprint density at radius 3 is 2.10 bits per heavy atom.